The lowest BCUT2D eigenvalue weighted by Gasteiger charge is -2.06. The second kappa shape index (κ2) is 4.91. The number of aryl methyl sites for hydroxylation is 1. The van der Waals surface area contributed by atoms with E-state index in [1.807, 2.05) is 0 Å². The van der Waals surface area contributed by atoms with Gasteiger partial charge in [0.15, 0.2) is 9.84 Å². The van der Waals surface area contributed by atoms with Gasteiger partial charge >= 0.3 is 0 Å². The minimum absolute atomic E-state index is 0.0340. The Labute approximate surface area is 115 Å². The highest BCUT2D eigenvalue weighted by molar-refractivity contribution is 7.90. The second-order valence-electron chi connectivity index (χ2n) is 3.98. The van der Waals surface area contributed by atoms with E-state index < -0.39 is 9.84 Å². The van der Waals surface area contributed by atoms with Gasteiger partial charge in [0.25, 0.3) is 0 Å². The van der Waals surface area contributed by atoms with E-state index >= 15 is 0 Å². The molecule has 0 atom stereocenters. The van der Waals surface area contributed by atoms with Crippen molar-refractivity contribution in [3.05, 3.63) is 45.1 Å². The van der Waals surface area contributed by atoms with Gasteiger partial charge in [-0.2, -0.15) is 0 Å². The van der Waals surface area contributed by atoms with Crippen molar-refractivity contribution < 1.29 is 8.42 Å². The van der Waals surface area contributed by atoms with Crippen LogP contribution in [0.25, 0.3) is 0 Å². The number of nitrogen functional groups attached to an aromatic ring is 1. The fourth-order valence-electron chi connectivity index (χ4n) is 1.54. The maximum Gasteiger partial charge on any atom is 0.183 e. The third-order valence-electron chi connectivity index (χ3n) is 2.56. The molecule has 0 amide bonds. The summed E-state index contributed by atoms with van der Waals surface area (Å²) >= 11 is 7.07. The number of halogens is 1. The first kappa shape index (κ1) is 13.4. The van der Waals surface area contributed by atoms with Gasteiger partial charge in [-0.25, -0.2) is 8.42 Å². The van der Waals surface area contributed by atoms with Crippen LogP contribution in [0.5, 0.6) is 0 Å². The molecule has 0 saturated carbocycles. The number of hydrogen-bond acceptors (Lipinski definition) is 4. The molecule has 0 saturated heterocycles. The molecule has 6 heteroatoms. The number of hydrogen-bond donors (Lipinski definition) is 1. The third-order valence-corrected chi connectivity index (χ3v) is 5.64. The quantitative estimate of drug-likeness (QED) is 0.885. The Kier molecular flexibility index (Phi) is 3.66. The molecule has 18 heavy (non-hydrogen) atoms. The summed E-state index contributed by atoms with van der Waals surface area (Å²) in [6.45, 7) is 1.79. The van der Waals surface area contributed by atoms with Gasteiger partial charge in [-0.15, -0.1) is 11.3 Å². The molecule has 0 aliphatic carbocycles. The Bertz CT molecular complexity index is 677. The summed E-state index contributed by atoms with van der Waals surface area (Å²) in [6.07, 6.45) is 0. The van der Waals surface area contributed by atoms with E-state index in [-0.39, 0.29) is 5.75 Å². The van der Waals surface area contributed by atoms with Crippen molar-refractivity contribution in [2.24, 2.45) is 0 Å². The summed E-state index contributed by atoms with van der Waals surface area (Å²) in [7, 11) is -3.34. The van der Waals surface area contributed by atoms with Crippen LogP contribution in [0.1, 0.15) is 10.4 Å². The van der Waals surface area contributed by atoms with E-state index in [2.05, 4.69) is 0 Å². The number of sulfone groups is 1. The largest absolute Gasteiger partial charge is 0.399 e. The zero-order valence-corrected chi connectivity index (χ0v) is 12.1. The molecule has 0 bridgehead atoms. The molecule has 0 aliphatic rings. The van der Waals surface area contributed by atoms with Gasteiger partial charge in [0, 0.05) is 10.6 Å². The van der Waals surface area contributed by atoms with Crippen molar-refractivity contribution in [3.63, 3.8) is 0 Å². The Morgan fingerprint density at radius 3 is 2.56 bits per heavy atom. The summed E-state index contributed by atoms with van der Waals surface area (Å²) in [4.78, 5) is 1.02. The van der Waals surface area contributed by atoms with Crippen molar-refractivity contribution in [3.8, 4) is 0 Å². The first-order valence-corrected chi connectivity index (χ1v) is 8.06. The van der Waals surface area contributed by atoms with Crippen LogP contribution < -0.4 is 5.73 Å². The fourth-order valence-corrected chi connectivity index (χ4v) is 4.39. The zero-order valence-electron chi connectivity index (χ0n) is 9.68. The van der Waals surface area contributed by atoms with Crippen LogP contribution in [0.2, 0.25) is 4.34 Å². The standard InChI is InChI=1S/C12H12ClNO2S2/c1-8-6-10(3-4-11(8)14)18(15,16)7-9-2-5-12(13)17-9/h2-6H,7,14H2,1H3. The molecule has 2 aromatic rings. The molecule has 0 unspecified atom stereocenters. The number of thiophene rings is 1. The molecule has 0 aliphatic heterocycles. The van der Waals surface area contributed by atoms with Crippen molar-refractivity contribution in [2.75, 3.05) is 5.73 Å². The molecular formula is C12H12ClNO2S2. The molecule has 0 radical (unpaired) electrons. The van der Waals surface area contributed by atoms with E-state index in [9.17, 15) is 8.42 Å². The van der Waals surface area contributed by atoms with Crippen LogP contribution in [0.15, 0.2) is 35.2 Å². The highest BCUT2D eigenvalue weighted by Crippen LogP contribution is 2.26. The van der Waals surface area contributed by atoms with E-state index in [1.165, 1.54) is 17.4 Å². The average Bonchev–Trinajstić information content (AvgIpc) is 2.67. The number of anilines is 1. The maximum absolute atomic E-state index is 12.2. The second-order valence-corrected chi connectivity index (χ2v) is 7.77. The SMILES string of the molecule is Cc1cc(S(=O)(=O)Cc2ccc(Cl)s2)ccc1N. The summed E-state index contributed by atoms with van der Waals surface area (Å²) in [5, 5.41) is 0. The number of benzene rings is 1. The normalized spacial score (nSPS) is 11.7. The molecule has 0 fully saturated rings. The molecule has 2 N–H and O–H groups in total. The maximum atomic E-state index is 12.2. The van der Waals surface area contributed by atoms with Crippen molar-refractivity contribution in [1.82, 2.24) is 0 Å². The smallest absolute Gasteiger partial charge is 0.183 e. The minimum atomic E-state index is -3.34. The topological polar surface area (TPSA) is 60.2 Å². The third kappa shape index (κ3) is 2.85. The summed E-state index contributed by atoms with van der Waals surface area (Å²) in [5.74, 6) is -0.0340. The first-order valence-electron chi connectivity index (χ1n) is 5.21. The molecule has 3 nitrogen and oxygen atoms in total. The Balaban J connectivity index is 2.33. The van der Waals surface area contributed by atoms with Crippen LogP contribution in [0.4, 0.5) is 5.69 Å². The molecule has 96 valence electrons. The molecule has 2 rings (SSSR count). The van der Waals surface area contributed by atoms with Crippen LogP contribution in [-0.4, -0.2) is 8.42 Å². The molecule has 1 heterocycles. The van der Waals surface area contributed by atoms with Gasteiger partial charge in [0.05, 0.1) is 15.0 Å². The van der Waals surface area contributed by atoms with Crippen molar-refractivity contribution >= 4 is 38.5 Å². The Morgan fingerprint density at radius 2 is 2.00 bits per heavy atom. The van der Waals surface area contributed by atoms with Gasteiger partial charge < -0.3 is 5.73 Å². The molecule has 1 aromatic heterocycles. The summed E-state index contributed by atoms with van der Waals surface area (Å²) in [6, 6.07) is 8.18. The van der Waals surface area contributed by atoms with E-state index in [0.717, 1.165) is 10.4 Å². The lowest BCUT2D eigenvalue weighted by molar-refractivity contribution is 0.595. The minimum Gasteiger partial charge on any atom is -0.399 e. The fraction of sp³-hybridized carbons (Fsp3) is 0.167. The van der Waals surface area contributed by atoms with Gasteiger partial charge in [-0.05, 0) is 42.8 Å². The van der Waals surface area contributed by atoms with Gasteiger partial charge in [-0.3, -0.25) is 0 Å². The van der Waals surface area contributed by atoms with E-state index in [1.54, 1.807) is 31.2 Å². The highest BCUT2D eigenvalue weighted by atomic mass is 35.5. The van der Waals surface area contributed by atoms with Crippen LogP contribution in [0, 0.1) is 6.92 Å². The lowest BCUT2D eigenvalue weighted by atomic mass is 10.2. The number of rotatable bonds is 3. The van der Waals surface area contributed by atoms with Gasteiger partial charge in [0.1, 0.15) is 0 Å². The van der Waals surface area contributed by atoms with E-state index in [0.29, 0.717) is 14.9 Å². The molecule has 1 aromatic carbocycles. The molecule has 0 spiro atoms. The predicted octanol–water partition coefficient (Wildman–Crippen LogP) is 3.27. The van der Waals surface area contributed by atoms with Crippen LogP contribution >= 0.6 is 22.9 Å². The Morgan fingerprint density at radius 1 is 1.28 bits per heavy atom. The highest BCUT2D eigenvalue weighted by Gasteiger charge is 2.17. The zero-order chi connectivity index (χ0) is 13.3. The van der Waals surface area contributed by atoms with Crippen LogP contribution in [0.3, 0.4) is 0 Å². The predicted molar refractivity (Wildman–Crippen MR) is 75.8 cm³/mol. The van der Waals surface area contributed by atoms with E-state index in [4.69, 9.17) is 17.3 Å². The van der Waals surface area contributed by atoms with Gasteiger partial charge in [-0.1, -0.05) is 11.6 Å². The molecular weight excluding hydrogens is 290 g/mol. The summed E-state index contributed by atoms with van der Waals surface area (Å²) in [5.41, 5.74) is 7.03. The van der Waals surface area contributed by atoms with Crippen molar-refractivity contribution in [1.29, 1.82) is 0 Å². The monoisotopic (exact) mass is 301 g/mol. The lowest BCUT2D eigenvalue weighted by Crippen LogP contribution is -2.04. The number of nitrogens with two attached hydrogens (primary N) is 1. The van der Waals surface area contributed by atoms with Crippen LogP contribution in [-0.2, 0) is 15.6 Å². The Hall–Kier alpha value is -1.04. The summed E-state index contributed by atoms with van der Waals surface area (Å²) < 4.78 is 25.0. The van der Waals surface area contributed by atoms with Crippen molar-refractivity contribution in [2.45, 2.75) is 17.6 Å². The van der Waals surface area contributed by atoms with Gasteiger partial charge in [0.2, 0.25) is 0 Å². The first-order chi connectivity index (χ1) is 8.38. The average molecular weight is 302 g/mol.